The maximum Gasteiger partial charge on any atom is 0.321 e. The Hall–Kier alpha value is -2.04. The lowest BCUT2D eigenvalue weighted by atomic mass is 9.98. The van der Waals surface area contributed by atoms with Crippen LogP contribution in [0.3, 0.4) is 0 Å². The van der Waals surface area contributed by atoms with Gasteiger partial charge < -0.3 is 15.0 Å². The predicted molar refractivity (Wildman–Crippen MR) is 101 cm³/mol. The molecule has 1 aliphatic rings. The van der Waals surface area contributed by atoms with Crippen molar-refractivity contribution in [3.63, 3.8) is 0 Å². The molecule has 1 N–H and O–H groups in total. The minimum Gasteiger partial charge on any atom is -0.376 e. The van der Waals surface area contributed by atoms with E-state index in [1.807, 2.05) is 41.3 Å². The van der Waals surface area contributed by atoms with Gasteiger partial charge in [-0.2, -0.15) is 0 Å². The van der Waals surface area contributed by atoms with Gasteiger partial charge in [-0.25, -0.2) is 4.79 Å². The Morgan fingerprint density at radius 2 is 1.76 bits per heavy atom. The molecule has 0 spiro atoms. The van der Waals surface area contributed by atoms with Crippen molar-refractivity contribution in [2.24, 2.45) is 5.92 Å². The van der Waals surface area contributed by atoms with Crippen molar-refractivity contribution >= 4 is 23.3 Å². The number of nitrogens with one attached hydrogen (secondary N) is 1. The van der Waals surface area contributed by atoms with E-state index in [1.165, 1.54) is 5.56 Å². The maximum atomic E-state index is 12.4. The number of hydrogen-bond acceptors (Lipinski definition) is 2. The first-order valence-electron chi connectivity index (χ1n) is 8.64. The third-order valence-electron chi connectivity index (χ3n) is 4.48. The van der Waals surface area contributed by atoms with Gasteiger partial charge in [-0.1, -0.05) is 54.1 Å². The molecule has 3 rings (SSSR count). The quantitative estimate of drug-likeness (QED) is 0.834. The normalized spacial score (nSPS) is 15.2. The molecule has 2 amide bonds. The van der Waals surface area contributed by atoms with Gasteiger partial charge in [0, 0.05) is 19.7 Å². The van der Waals surface area contributed by atoms with Gasteiger partial charge in [-0.15, -0.1) is 0 Å². The molecule has 0 bridgehead atoms. The zero-order chi connectivity index (χ0) is 17.5. The summed E-state index contributed by atoms with van der Waals surface area (Å²) in [5.74, 6) is 0.507. The van der Waals surface area contributed by atoms with E-state index in [0.717, 1.165) is 32.5 Å². The van der Waals surface area contributed by atoms with Crippen molar-refractivity contribution < 1.29 is 9.53 Å². The van der Waals surface area contributed by atoms with E-state index in [4.69, 9.17) is 16.3 Å². The molecule has 132 valence electrons. The summed E-state index contributed by atoms with van der Waals surface area (Å²) >= 11 is 6.09. The summed E-state index contributed by atoms with van der Waals surface area (Å²) in [5.41, 5.74) is 1.85. The van der Waals surface area contributed by atoms with Crippen molar-refractivity contribution in [3.05, 3.63) is 65.2 Å². The standard InChI is InChI=1S/C20H23ClN2O2/c21-18-8-4-5-9-19(18)22-20(24)23-12-10-17(11-13-23)15-25-14-16-6-2-1-3-7-16/h1-9,17H,10-15H2,(H,22,24). The molecular weight excluding hydrogens is 336 g/mol. The van der Waals surface area contributed by atoms with E-state index in [2.05, 4.69) is 17.4 Å². The molecule has 0 unspecified atom stereocenters. The van der Waals surface area contributed by atoms with Gasteiger partial charge in [0.15, 0.2) is 0 Å². The van der Waals surface area contributed by atoms with Gasteiger partial charge in [0.05, 0.1) is 17.3 Å². The lowest BCUT2D eigenvalue weighted by Crippen LogP contribution is -2.41. The number of para-hydroxylation sites is 1. The van der Waals surface area contributed by atoms with Crippen LogP contribution in [0.5, 0.6) is 0 Å². The SMILES string of the molecule is O=C(Nc1ccccc1Cl)N1CCC(COCc2ccccc2)CC1. The van der Waals surface area contributed by atoms with Crippen LogP contribution in [0.1, 0.15) is 18.4 Å². The van der Waals surface area contributed by atoms with E-state index < -0.39 is 0 Å². The van der Waals surface area contributed by atoms with E-state index >= 15 is 0 Å². The van der Waals surface area contributed by atoms with E-state index in [1.54, 1.807) is 6.07 Å². The van der Waals surface area contributed by atoms with Crippen LogP contribution in [-0.2, 0) is 11.3 Å². The Morgan fingerprint density at radius 3 is 2.48 bits per heavy atom. The highest BCUT2D eigenvalue weighted by molar-refractivity contribution is 6.33. The number of urea groups is 1. The smallest absolute Gasteiger partial charge is 0.321 e. The number of anilines is 1. The molecule has 1 aliphatic heterocycles. The van der Waals surface area contributed by atoms with Crippen molar-refractivity contribution in [2.75, 3.05) is 25.0 Å². The highest BCUT2D eigenvalue weighted by atomic mass is 35.5. The highest BCUT2D eigenvalue weighted by Crippen LogP contribution is 2.23. The number of amides is 2. The summed E-state index contributed by atoms with van der Waals surface area (Å²) in [6.45, 7) is 2.88. The molecule has 0 saturated carbocycles. The molecule has 2 aromatic rings. The van der Waals surface area contributed by atoms with Gasteiger partial charge in [0.1, 0.15) is 0 Å². The lowest BCUT2D eigenvalue weighted by Gasteiger charge is -2.32. The number of hydrogen-bond donors (Lipinski definition) is 1. The molecule has 2 aromatic carbocycles. The molecule has 4 nitrogen and oxygen atoms in total. The molecule has 0 aliphatic carbocycles. The fraction of sp³-hybridized carbons (Fsp3) is 0.350. The summed E-state index contributed by atoms with van der Waals surface area (Å²) in [7, 11) is 0. The van der Waals surface area contributed by atoms with Crippen molar-refractivity contribution in [3.8, 4) is 0 Å². The molecule has 5 heteroatoms. The first kappa shape index (κ1) is 17.8. The Balaban J connectivity index is 1.39. The van der Waals surface area contributed by atoms with Crippen LogP contribution in [0, 0.1) is 5.92 Å². The third kappa shape index (κ3) is 5.21. The molecular formula is C20H23ClN2O2. The second kappa shape index (κ2) is 8.88. The van der Waals surface area contributed by atoms with Crippen molar-refractivity contribution in [2.45, 2.75) is 19.4 Å². The van der Waals surface area contributed by atoms with Gasteiger partial charge >= 0.3 is 6.03 Å². The molecule has 25 heavy (non-hydrogen) atoms. The van der Waals surface area contributed by atoms with Crippen LogP contribution in [0.4, 0.5) is 10.5 Å². The second-order valence-electron chi connectivity index (χ2n) is 6.34. The predicted octanol–water partition coefficient (Wildman–Crippen LogP) is 4.80. The Bertz CT molecular complexity index is 685. The topological polar surface area (TPSA) is 41.6 Å². The molecule has 0 atom stereocenters. The minimum absolute atomic E-state index is 0.0863. The fourth-order valence-corrected chi connectivity index (χ4v) is 3.16. The van der Waals surface area contributed by atoms with Gasteiger partial charge in [0.25, 0.3) is 0 Å². The number of piperidine rings is 1. The number of halogens is 1. The zero-order valence-electron chi connectivity index (χ0n) is 14.2. The Labute approximate surface area is 153 Å². The van der Waals surface area contributed by atoms with Crippen molar-refractivity contribution in [1.82, 2.24) is 4.90 Å². The van der Waals surface area contributed by atoms with E-state index in [-0.39, 0.29) is 6.03 Å². The lowest BCUT2D eigenvalue weighted by molar-refractivity contribution is 0.0640. The molecule has 1 fully saturated rings. The highest BCUT2D eigenvalue weighted by Gasteiger charge is 2.23. The van der Waals surface area contributed by atoms with E-state index in [0.29, 0.717) is 23.2 Å². The summed E-state index contributed by atoms with van der Waals surface area (Å²) in [6.07, 6.45) is 1.93. The zero-order valence-corrected chi connectivity index (χ0v) is 14.9. The number of carbonyl (C=O) groups excluding carboxylic acids is 1. The van der Waals surface area contributed by atoms with Gasteiger partial charge in [-0.05, 0) is 36.5 Å². The summed E-state index contributed by atoms with van der Waals surface area (Å²) in [6, 6.07) is 17.4. The number of nitrogens with zero attached hydrogens (tertiary/aromatic N) is 1. The van der Waals surface area contributed by atoms with Crippen LogP contribution in [-0.4, -0.2) is 30.6 Å². The van der Waals surface area contributed by atoms with Crippen LogP contribution >= 0.6 is 11.6 Å². The number of likely N-dealkylation sites (tertiary alicyclic amines) is 1. The Kier molecular flexibility index (Phi) is 6.31. The average molecular weight is 359 g/mol. The number of ether oxygens (including phenoxy) is 1. The summed E-state index contributed by atoms with van der Waals surface area (Å²) in [5, 5.41) is 3.44. The van der Waals surface area contributed by atoms with Crippen LogP contribution in [0.15, 0.2) is 54.6 Å². The average Bonchev–Trinajstić information content (AvgIpc) is 2.65. The number of benzene rings is 2. The van der Waals surface area contributed by atoms with Crippen LogP contribution < -0.4 is 5.32 Å². The summed E-state index contributed by atoms with van der Waals surface area (Å²) in [4.78, 5) is 14.2. The largest absolute Gasteiger partial charge is 0.376 e. The maximum absolute atomic E-state index is 12.4. The fourth-order valence-electron chi connectivity index (χ4n) is 2.98. The molecule has 1 heterocycles. The van der Waals surface area contributed by atoms with Crippen LogP contribution in [0.2, 0.25) is 5.02 Å². The Morgan fingerprint density at radius 1 is 1.08 bits per heavy atom. The first-order valence-corrected chi connectivity index (χ1v) is 9.02. The van der Waals surface area contributed by atoms with Crippen molar-refractivity contribution in [1.29, 1.82) is 0 Å². The van der Waals surface area contributed by atoms with Gasteiger partial charge in [0.2, 0.25) is 0 Å². The van der Waals surface area contributed by atoms with Crippen LogP contribution in [0.25, 0.3) is 0 Å². The molecule has 0 aromatic heterocycles. The van der Waals surface area contributed by atoms with E-state index in [9.17, 15) is 4.79 Å². The second-order valence-corrected chi connectivity index (χ2v) is 6.75. The minimum atomic E-state index is -0.0863. The molecule has 0 radical (unpaired) electrons. The number of rotatable bonds is 5. The number of carbonyl (C=O) groups is 1. The first-order chi connectivity index (χ1) is 12.2. The third-order valence-corrected chi connectivity index (χ3v) is 4.81. The summed E-state index contributed by atoms with van der Waals surface area (Å²) < 4.78 is 5.83. The molecule has 1 saturated heterocycles. The monoisotopic (exact) mass is 358 g/mol. The van der Waals surface area contributed by atoms with Gasteiger partial charge in [-0.3, -0.25) is 0 Å².